The SMILES string of the molecule is CNc1cc2cc(C)ccc2[nH]1. The second kappa shape index (κ2) is 2.55. The second-order valence-electron chi connectivity index (χ2n) is 3.02. The Balaban J connectivity index is 2.67. The Morgan fingerprint density at radius 2 is 2.08 bits per heavy atom. The van der Waals surface area contributed by atoms with Gasteiger partial charge in [0.2, 0.25) is 0 Å². The van der Waals surface area contributed by atoms with Gasteiger partial charge >= 0.3 is 0 Å². The maximum Gasteiger partial charge on any atom is 0.104 e. The van der Waals surface area contributed by atoms with Gasteiger partial charge in [-0.1, -0.05) is 11.6 Å². The van der Waals surface area contributed by atoms with Gasteiger partial charge in [0.1, 0.15) is 5.82 Å². The first-order valence-corrected chi connectivity index (χ1v) is 4.07. The second-order valence-corrected chi connectivity index (χ2v) is 3.02. The number of anilines is 1. The summed E-state index contributed by atoms with van der Waals surface area (Å²) in [5, 5.41) is 4.34. The number of aryl methyl sites for hydroxylation is 1. The van der Waals surface area contributed by atoms with Gasteiger partial charge in [-0.15, -0.1) is 0 Å². The smallest absolute Gasteiger partial charge is 0.104 e. The Morgan fingerprint density at radius 3 is 2.83 bits per heavy atom. The van der Waals surface area contributed by atoms with Crippen molar-refractivity contribution in [3.63, 3.8) is 0 Å². The van der Waals surface area contributed by atoms with E-state index >= 15 is 0 Å². The molecular weight excluding hydrogens is 148 g/mol. The molecule has 0 saturated heterocycles. The minimum Gasteiger partial charge on any atom is -0.375 e. The molecule has 0 atom stereocenters. The van der Waals surface area contributed by atoms with Crippen LogP contribution in [0.3, 0.4) is 0 Å². The molecule has 2 nitrogen and oxygen atoms in total. The van der Waals surface area contributed by atoms with Gasteiger partial charge in [0.15, 0.2) is 0 Å². The van der Waals surface area contributed by atoms with Gasteiger partial charge in [-0.25, -0.2) is 0 Å². The highest BCUT2D eigenvalue weighted by molar-refractivity contribution is 5.84. The van der Waals surface area contributed by atoms with Gasteiger partial charge in [0, 0.05) is 18.0 Å². The maximum atomic E-state index is 3.26. The molecule has 1 heterocycles. The van der Waals surface area contributed by atoms with E-state index in [9.17, 15) is 0 Å². The molecule has 2 aromatic rings. The fourth-order valence-corrected chi connectivity index (χ4v) is 1.39. The van der Waals surface area contributed by atoms with Crippen molar-refractivity contribution in [1.82, 2.24) is 4.98 Å². The molecule has 2 rings (SSSR count). The van der Waals surface area contributed by atoms with Crippen LogP contribution >= 0.6 is 0 Å². The van der Waals surface area contributed by atoms with Crippen molar-refractivity contribution in [2.75, 3.05) is 12.4 Å². The summed E-state index contributed by atoms with van der Waals surface area (Å²) in [7, 11) is 1.91. The summed E-state index contributed by atoms with van der Waals surface area (Å²) >= 11 is 0. The topological polar surface area (TPSA) is 27.8 Å². The van der Waals surface area contributed by atoms with Crippen LogP contribution in [0.2, 0.25) is 0 Å². The Bertz CT molecular complexity index is 401. The minimum absolute atomic E-state index is 1.07. The molecule has 12 heavy (non-hydrogen) atoms. The quantitative estimate of drug-likeness (QED) is 0.659. The first kappa shape index (κ1) is 7.22. The van der Waals surface area contributed by atoms with Crippen molar-refractivity contribution in [3.05, 3.63) is 29.8 Å². The van der Waals surface area contributed by atoms with E-state index in [0.717, 1.165) is 5.82 Å². The lowest BCUT2D eigenvalue weighted by Gasteiger charge is -1.90. The number of rotatable bonds is 1. The van der Waals surface area contributed by atoms with Crippen LogP contribution in [0.25, 0.3) is 10.9 Å². The third-order valence-electron chi connectivity index (χ3n) is 2.05. The number of aromatic nitrogens is 1. The number of benzene rings is 1. The molecule has 0 aliphatic carbocycles. The van der Waals surface area contributed by atoms with Gasteiger partial charge in [-0.2, -0.15) is 0 Å². The molecule has 0 radical (unpaired) electrons. The number of nitrogens with one attached hydrogen (secondary N) is 2. The molecule has 0 aliphatic rings. The van der Waals surface area contributed by atoms with Crippen molar-refractivity contribution in [1.29, 1.82) is 0 Å². The lowest BCUT2D eigenvalue weighted by molar-refractivity contribution is 1.38. The summed E-state index contributed by atoms with van der Waals surface area (Å²) < 4.78 is 0. The molecule has 1 aromatic carbocycles. The summed E-state index contributed by atoms with van der Waals surface area (Å²) in [6, 6.07) is 8.50. The third-order valence-corrected chi connectivity index (χ3v) is 2.05. The van der Waals surface area contributed by atoms with Crippen LogP contribution in [-0.4, -0.2) is 12.0 Å². The van der Waals surface area contributed by atoms with E-state index < -0.39 is 0 Å². The van der Waals surface area contributed by atoms with E-state index in [1.54, 1.807) is 0 Å². The summed E-state index contributed by atoms with van der Waals surface area (Å²) in [6.07, 6.45) is 0. The van der Waals surface area contributed by atoms with E-state index in [1.165, 1.54) is 16.5 Å². The first-order valence-electron chi connectivity index (χ1n) is 4.07. The zero-order valence-electron chi connectivity index (χ0n) is 7.31. The van der Waals surface area contributed by atoms with Gasteiger partial charge in [-0.05, 0) is 25.1 Å². The van der Waals surface area contributed by atoms with E-state index in [2.05, 4.69) is 41.5 Å². The summed E-state index contributed by atoms with van der Waals surface area (Å²) in [6.45, 7) is 2.10. The van der Waals surface area contributed by atoms with Crippen LogP contribution < -0.4 is 5.32 Å². The average Bonchev–Trinajstić information content (AvgIpc) is 2.46. The molecule has 2 N–H and O–H groups in total. The Morgan fingerprint density at radius 1 is 1.25 bits per heavy atom. The molecule has 0 spiro atoms. The van der Waals surface area contributed by atoms with Crippen molar-refractivity contribution >= 4 is 16.7 Å². The summed E-state index contributed by atoms with van der Waals surface area (Å²) in [5.41, 5.74) is 2.48. The number of fused-ring (bicyclic) bond motifs is 1. The van der Waals surface area contributed by atoms with E-state index in [0.29, 0.717) is 0 Å². The molecule has 62 valence electrons. The molecule has 0 bridgehead atoms. The van der Waals surface area contributed by atoms with Crippen LogP contribution in [0, 0.1) is 6.92 Å². The number of aromatic amines is 1. The molecule has 1 aromatic heterocycles. The van der Waals surface area contributed by atoms with Gasteiger partial charge in [-0.3, -0.25) is 0 Å². The minimum atomic E-state index is 1.07. The van der Waals surface area contributed by atoms with Crippen LogP contribution in [0.5, 0.6) is 0 Å². The van der Waals surface area contributed by atoms with Gasteiger partial charge in [0.25, 0.3) is 0 Å². The Labute approximate surface area is 71.6 Å². The summed E-state index contributed by atoms with van der Waals surface area (Å²) in [5.74, 6) is 1.07. The fraction of sp³-hybridized carbons (Fsp3) is 0.200. The number of H-pyrrole nitrogens is 1. The third kappa shape index (κ3) is 1.05. The van der Waals surface area contributed by atoms with Crippen LogP contribution in [0.15, 0.2) is 24.3 Å². The monoisotopic (exact) mass is 160 g/mol. The van der Waals surface area contributed by atoms with Crippen LogP contribution in [-0.2, 0) is 0 Å². The normalized spacial score (nSPS) is 10.5. The zero-order valence-corrected chi connectivity index (χ0v) is 7.31. The van der Waals surface area contributed by atoms with Crippen molar-refractivity contribution in [3.8, 4) is 0 Å². The van der Waals surface area contributed by atoms with Crippen LogP contribution in [0.4, 0.5) is 5.82 Å². The highest BCUT2D eigenvalue weighted by Crippen LogP contribution is 2.19. The molecule has 0 fully saturated rings. The van der Waals surface area contributed by atoms with Crippen molar-refractivity contribution in [2.24, 2.45) is 0 Å². The lowest BCUT2D eigenvalue weighted by Crippen LogP contribution is -1.85. The Kier molecular flexibility index (Phi) is 1.54. The zero-order chi connectivity index (χ0) is 8.55. The predicted molar refractivity (Wildman–Crippen MR) is 52.6 cm³/mol. The van der Waals surface area contributed by atoms with E-state index in [-0.39, 0.29) is 0 Å². The maximum absolute atomic E-state index is 3.26. The summed E-state index contributed by atoms with van der Waals surface area (Å²) in [4.78, 5) is 3.26. The standard InChI is InChI=1S/C10H12N2/c1-7-3-4-9-8(5-7)6-10(11-2)12-9/h3-6,11-12H,1-2H3. The highest BCUT2D eigenvalue weighted by atomic mass is 15.0. The lowest BCUT2D eigenvalue weighted by atomic mass is 10.2. The van der Waals surface area contributed by atoms with E-state index in [1.807, 2.05) is 7.05 Å². The van der Waals surface area contributed by atoms with Crippen LogP contribution in [0.1, 0.15) is 5.56 Å². The number of hydrogen-bond donors (Lipinski definition) is 2. The average molecular weight is 160 g/mol. The molecule has 0 amide bonds. The fourth-order valence-electron chi connectivity index (χ4n) is 1.39. The molecule has 0 aliphatic heterocycles. The predicted octanol–water partition coefficient (Wildman–Crippen LogP) is 2.52. The van der Waals surface area contributed by atoms with E-state index in [4.69, 9.17) is 0 Å². The Hall–Kier alpha value is -1.44. The molecule has 2 heteroatoms. The largest absolute Gasteiger partial charge is 0.375 e. The van der Waals surface area contributed by atoms with Crippen molar-refractivity contribution in [2.45, 2.75) is 6.92 Å². The number of hydrogen-bond acceptors (Lipinski definition) is 1. The van der Waals surface area contributed by atoms with Crippen molar-refractivity contribution < 1.29 is 0 Å². The van der Waals surface area contributed by atoms with Gasteiger partial charge < -0.3 is 10.3 Å². The van der Waals surface area contributed by atoms with Gasteiger partial charge in [0.05, 0.1) is 0 Å². The highest BCUT2D eigenvalue weighted by Gasteiger charge is 1.97. The first-order chi connectivity index (χ1) is 5.79. The molecule has 0 saturated carbocycles. The molecule has 0 unspecified atom stereocenters. The molecular formula is C10H12N2.